The second kappa shape index (κ2) is 7.13. The molecule has 0 aliphatic carbocycles. The molecular formula is C21H13NO5. The summed E-state index contributed by atoms with van der Waals surface area (Å²) in [6.07, 6.45) is 3.02. The fourth-order valence-electron chi connectivity index (χ4n) is 2.48. The fourth-order valence-corrected chi connectivity index (χ4v) is 2.48. The molecule has 0 saturated heterocycles. The molecule has 0 fully saturated rings. The van der Waals surface area contributed by atoms with Crippen molar-refractivity contribution in [3.63, 3.8) is 0 Å². The normalized spacial score (nSPS) is 14.7. The molecule has 2 heterocycles. The fraction of sp³-hybridized carbons (Fsp3) is 0. The lowest BCUT2D eigenvalue weighted by Gasteiger charge is -2.05. The van der Waals surface area contributed by atoms with Gasteiger partial charge in [-0.25, -0.2) is 14.6 Å². The zero-order valence-electron chi connectivity index (χ0n) is 14.0. The molecular weight excluding hydrogens is 346 g/mol. The van der Waals surface area contributed by atoms with E-state index in [2.05, 4.69) is 4.99 Å². The number of hydrogen-bond donors (Lipinski definition) is 0. The summed E-state index contributed by atoms with van der Waals surface area (Å²) in [7, 11) is 0. The highest BCUT2D eigenvalue weighted by Gasteiger charge is 2.25. The van der Waals surface area contributed by atoms with E-state index in [0.717, 1.165) is 0 Å². The van der Waals surface area contributed by atoms with Crippen LogP contribution in [0.2, 0.25) is 0 Å². The van der Waals surface area contributed by atoms with Gasteiger partial charge in [0.05, 0.1) is 11.8 Å². The number of cyclic esters (lactones) is 1. The van der Waals surface area contributed by atoms with Gasteiger partial charge in [-0.15, -0.1) is 0 Å². The molecule has 0 atom stereocenters. The summed E-state index contributed by atoms with van der Waals surface area (Å²) in [6.45, 7) is 0. The molecule has 0 N–H and O–H groups in total. The van der Waals surface area contributed by atoms with Crippen molar-refractivity contribution in [3.8, 4) is 5.75 Å². The van der Waals surface area contributed by atoms with E-state index in [0.29, 0.717) is 22.6 Å². The lowest BCUT2D eigenvalue weighted by Crippen LogP contribution is -2.08. The number of rotatable bonds is 4. The van der Waals surface area contributed by atoms with Crippen molar-refractivity contribution in [2.45, 2.75) is 0 Å². The van der Waals surface area contributed by atoms with Gasteiger partial charge in [-0.1, -0.05) is 30.3 Å². The molecule has 132 valence electrons. The molecule has 6 nitrogen and oxygen atoms in total. The van der Waals surface area contributed by atoms with Crippen molar-refractivity contribution in [3.05, 3.63) is 95.6 Å². The first-order valence-electron chi connectivity index (χ1n) is 8.13. The second-order valence-electron chi connectivity index (χ2n) is 5.64. The molecule has 0 amide bonds. The van der Waals surface area contributed by atoms with E-state index >= 15 is 0 Å². The van der Waals surface area contributed by atoms with Crippen molar-refractivity contribution < 1.29 is 23.5 Å². The first kappa shape index (κ1) is 16.5. The molecule has 1 aliphatic rings. The van der Waals surface area contributed by atoms with E-state index in [-0.39, 0.29) is 11.6 Å². The van der Waals surface area contributed by atoms with E-state index in [1.165, 1.54) is 6.26 Å². The second-order valence-corrected chi connectivity index (χ2v) is 5.64. The highest BCUT2D eigenvalue weighted by atomic mass is 16.6. The summed E-state index contributed by atoms with van der Waals surface area (Å²) in [5.74, 6) is -0.188. The van der Waals surface area contributed by atoms with E-state index in [4.69, 9.17) is 13.9 Å². The van der Waals surface area contributed by atoms with E-state index in [9.17, 15) is 9.59 Å². The summed E-state index contributed by atoms with van der Waals surface area (Å²) in [5.41, 5.74) is 1.23. The molecule has 0 radical (unpaired) electrons. The first-order valence-corrected chi connectivity index (χ1v) is 8.13. The number of esters is 2. The summed E-state index contributed by atoms with van der Waals surface area (Å²) >= 11 is 0. The third-order valence-corrected chi connectivity index (χ3v) is 3.73. The monoisotopic (exact) mass is 359 g/mol. The molecule has 2 aromatic carbocycles. The van der Waals surface area contributed by atoms with Crippen LogP contribution in [0, 0.1) is 0 Å². The standard InChI is InChI=1S/C21H13NO5/c23-20(15-7-2-1-3-8-15)26-16-9-4-6-14(12-16)13-17-21(24)27-19(22-17)18-10-5-11-25-18/h1-13H/b17-13-. The third-order valence-electron chi connectivity index (χ3n) is 3.73. The van der Waals surface area contributed by atoms with Crippen LogP contribution in [0.4, 0.5) is 0 Å². The average Bonchev–Trinajstić information content (AvgIpc) is 3.33. The van der Waals surface area contributed by atoms with Crippen LogP contribution in [0.1, 0.15) is 21.7 Å². The van der Waals surface area contributed by atoms with Crippen LogP contribution >= 0.6 is 0 Å². The lowest BCUT2D eigenvalue weighted by atomic mass is 10.2. The van der Waals surface area contributed by atoms with Crippen LogP contribution in [-0.2, 0) is 9.53 Å². The minimum absolute atomic E-state index is 0.114. The maximum absolute atomic E-state index is 12.2. The van der Waals surface area contributed by atoms with Gasteiger partial charge >= 0.3 is 11.9 Å². The number of carbonyl (C=O) groups excluding carboxylic acids is 2. The summed E-state index contributed by atoms with van der Waals surface area (Å²) < 4.78 is 15.7. The van der Waals surface area contributed by atoms with Gasteiger partial charge in [0.1, 0.15) is 5.75 Å². The summed E-state index contributed by atoms with van der Waals surface area (Å²) in [6, 6.07) is 18.8. The van der Waals surface area contributed by atoms with Crippen LogP contribution in [0.5, 0.6) is 5.75 Å². The Kier molecular flexibility index (Phi) is 4.37. The van der Waals surface area contributed by atoms with Gasteiger partial charge in [0, 0.05) is 0 Å². The van der Waals surface area contributed by atoms with Gasteiger partial charge in [-0.2, -0.15) is 0 Å². The largest absolute Gasteiger partial charge is 0.459 e. The van der Waals surface area contributed by atoms with Crippen LogP contribution in [0.15, 0.2) is 88.1 Å². The molecule has 6 heteroatoms. The van der Waals surface area contributed by atoms with Crippen molar-refractivity contribution >= 4 is 23.9 Å². The van der Waals surface area contributed by atoms with Gasteiger partial charge in [0.15, 0.2) is 11.5 Å². The maximum Gasteiger partial charge on any atom is 0.363 e. The molecule has 3 aromatic rings. The van der Waals surface area contributed by atoms with Gasteiger partial charge in [0.2, 0.25) is 0 Å². The molecule has 0 saturated carbocycles. The van der Waals surface area contributed by atoms with Crippen LogP contribution < -0.4 is 4.74 Å². The average molecular weight is 359 g/mol. The van der Waals surface area contributed by atoms with Crippen LogP contribution in [-0.4, -0.2) is 17.8 Å². The quantitative estimate of drug-likeness (QED) is 0.402. The number of hydrogen-bond acceptors (Lipinski definition) is 6. The Hall–Kier alpha value is -3.93. The zero-order valence-corrected chi connectivity index (χ0v) is 14.0. The molecule has 27 heavy (non-hydrogen) atoms. The highest BCUT2D eigenvalue weighted by molar-refractivity contribution is 6.11. The number of carbonyl (C=O) groups is 2. The highest BCUT2D eigenvalue weighted by Crippen LogP contribution is 2.22. The van der Waals surface area contributed by atoms with Crippen molar-refractivity contribution in [2.75, 3.05) is 0 Å². The van der Waals surface area contributed by atoms with Crippen LogP contribution in [0.3, 0.4) is 0 Å². The number of ether oxygens (including phenoxy) is 2. The zero-order chi connectivity index (χ0) is 18.6. The Balaban J connectivity index is 1.55. The predicted molar refractivity (Wildman–Crippen MR) is 97.2 cm³/mol. The Morgan fingerprint density at radius 1 is 1.00 bits per heavy atom. The SMILES string of the molecule is O=C1OC(c2ccco2)=N/C1=C\c1cccc(OC(=O)c2ccccc2)c1. The minimum atomic E-state index is -0.576. The van der Waals surface area contributed by atoms with Gasteiger partial charge < -0.3 is 13.9 Å². The molecule has 0 spiro atoms. The van der Waals surface area contributed by atoms with Gasteiger partial charge in [-0.3, -0.25) is 0 Å². The third kappa shape index (κ3) is 3.69. The van der Waals surface area contributed by atoms with Crippen LogP contribution in [0.25, 0.3) is 6.08 Å². The number of nitrogens with zero attached hydrogens (tertiary/aromatic N) is 1. The molecule has 1 aromatic heterocycles. The Morgan fingerprint density at radius 2 is 1.85 bits per heavy atom. The van der Waals surface area contributed by atoms with Crippen molar-refractivity contribution in [1.29, 1.82) is 0 Å². The predicted octanol–water partition coefficient (Wildman–Crippen LogP) is 3.84. The maximum atomic E-state index is 12.2. The number of furan rings is 1. The molecule has 0 unspecified atom stereocenters. The Labute approximate surface area is 154 Å². The minimum Gasteiger partial charge on any atom is -0.459 e. The first-order chi connectivity index (χ1) is 13.2. The smallest absolute Gasteiger partial charge is 0.363 e. The Bertz CT molecular complexity index is 1050. The van der Waals surface area contributed by atoms with E-state index < -0.39 is 11.9 Å². The van der Waals surface area contributed by atoms with E-state index in [1.54, 1.807) is 66.7 Å². The molecule has 4 rings (SSSR count). The topological polar surface area (TPSA) is 78.1 Å². The summed E-state index contributed by atoms with van der Waals surface area (Å²) in [5, 5.41) is 0. The lowest BCUT2D eigenvalue weighted by molar-refractivity contribution is -0.130. The van der Waals surface area contributed by atoms with Gasteiger partial charge in [0.25, 0.3) is 5.90 Å². The molecule has 0 bridgehead atoms. The van der Waals surface area contributed by atoms with Crippen molar-refractivity contribution in [1.82, 2.24) is 0 Å². The van der Waals surface area contributed by atoms with Crippen molar-refractivity contribution in [2.24, 2.45) is 4.99 Å². The molecule has 1 aliphatic heterocycles. The number of aliphatic imine (C=N–C) groups is 1. The van der Waals surface area contributed by atoms with E-state index in [1.807, 2.05) is 6.07 Å². The summed E-state index contributed by atoms with van der Waals surface area (Å²) in [4.78, 5) is 28.3. The Morgan fingerprint density at radius 3 is 2.63 bits per heavy atom. The number of benzene rings is 2. The van der Waals surface area contributed by atoms with Gasteiger partial charge in [-0.05, 0) is 48.0 Å².